The molecule has 2 heterocycles. The summed E-state index contributed by atoms with van der Waals surface area (Å²) in [6.07, 6.45) is 1.78. The van der Waals surface area contributed by atoms with E-state index < -0.39 is 64.6 Å². The van der Waals surface area contributed by atoms with Crippen molar-refractivity contribution in [3.05, 3.63) is 137 Å². The lowest BCUT2D eigenvalue weighted by Gasteiger charge is -2.50. The highest BCUT2D eigenvalue weighted by Gasteiger charge is 2.70. The van der Waals surface area contributed by atoms with Crippen molar-refractivity contribution in [2.75, 3.05) is 12.0 Å². The van der Waals surface area contributed by atoms with Crippen LogP contribution in [0.1, 0.15) is 47.4 Å². The van der Waals surface area contributed by atoms with Gasteiger partial charge in [-0.05, 0) is 55.0 Å². The van der Waals surface area contributed by atoms with Crippen molar-refractivity contribution >= 4 is 35.3 Å². The molecule has 11 nitrogen and oxygen atoms in total. The maximum atomic E-state index is 15.3. The number of aliphatic carboxylic acids is 1. The van der Waals surface area contributed by atoms with E-state index in [-0.39, 0.29) is 38.2 Å². The van der Waals surface area contributed by atoms with Gasteiger partial charge in [-0.3, -0.25) is 34.3 Å². The van der Waals surface area contributed by atoms with Crippen LogP contribution in [0.15, 0.2) is 115 Å². The lowest BCUT2D eigenvalue weighted by molar-refractivity contribution is -0.143. The minimum absolute atomic E-state index is 0.0832. The molecule has 4 aliphatic rings. The highest BCUT2D eigenvalue weighted by atomic mass is 16.5. The van der Waals surface area contributed by atoms with Gasteiger partial charge in [0.1, 0.15) is 18.1 Å². The van der Waals surface area contributed by atoms with Crippen LogP contribution in [0.5, 0.6) is 11.5 Å². The largest absolute Gasteiger partial charge is 0.508 e. The van der Waals surface area contributed by atoms with Crippen LogP contribution in [-0.4, -0.2) is 56.3 Å². The van der Waals surface area contributed by atoms with Gasteiger partial charge in [0.2, 0.25) is 11.8 Å². The van der Waals surface area contributed by atoms with E-state index in [1.54, 1.807) is 24.3 Å². The monoisotopic (exact) mass is 725 g/mol. The van der Waals surface area contributed by atoms with Crippen molar-refractivity contribution in [3.63, 3.8) is 0 Å². The third kappa shape index (κ3) is 5.62. The average molecular weight is 726 g/mol. The Morgan fingerprint density at radius 3 is 2.26 bits per heavy atom. The zero-order chi connectivity index (χ0) is 37.7. The number of carbonyl (C=O) groups excluding carboxylic acids is 4. The molecule has 8 rings (SSSR count). The molecule has 0 aromatic heterocycles. The number of hydrazine groups is 1. The zero-order valence-electron chi connectivity index (χ0n) is 29.6. The number of carboxylic acid groups (broad SMARTS) is 1. The van der Waals surface area contributed by atoms with E-state index in [0.717, 1.165) is 21.0 Å². The predicted molar refractivity (Wildman–Crippen MR) is 197 cm³/mol. The Morgan fingerprint density at radius 1 is 0.870 bits per heavy atom. The van der Waals surface area contributed by atoms with Gasteiger partial charge in [0.25, 0.3) is 11.8 Å². The van der Waals surface area contributed by atoms with Crippen LogP contribution in [0.3, 0.4) is 0 Å². The number of imide groups is 2. The van der Waals surface area contributed by atoms with E-state index in [0.29, 0.717) is 28.1 Å². The van der Waals surface area contributed by atoms with Crippen molar-refractivity contribution in [2.45, 2.75) is 44.1 Å². The number of phenols is 1. The first-order valence-corrected chi connectivity index (χ1v) is 18.1. The minimum atomic E-state index is -1.55. The number of allylic oxidation sites excluding steroid dienone is 2. The molecule has 0 bridgehead atoms. The number of benzene rings is 4. The van der Waals surface area contributed by atoms with Gasteiger partial charge >= 0.3 is 5.97 Å². The number of nitrogens with zero attached hydrogens (tertiary/aromatic N) is 2. The fraction of sp³-hybridized carbons (Fsp3) is 0.279. The first-order chi connectivity index (χ1) is 26.1. The Hall–Kier alpha value is -6.23. The summed E-state index contributed by atoms with van der Waals surface area (Å²) in [6, 6.07) is 30.9. The Bertz CT molecular complexity index is 2190. The third-order valence-electron chi connectivity index (χ3n) is 11.6. The lowest BCUT2D eigenvalue weighted by Crippen LogP contribution is -2.53. The average Bonchev–Trinajstić information content (AvgIpc) is 3.55. The molecule has 2 saturated heterocycles. The summed E-state index contributed by atoms with van der Waals surface area (Å²) < 4.78 is 6.04. The normalized spacial score (nSPS) is 25.9. The second kappa shape index (κ2) is 13.6. The molecule has 274 valence electrons. The summed E-state index contributed by atoms with van der Waals surface area (Å²) >= 11 is 0. The van der Waals surface area contributed by atoms with Gasteiger partial charge in [-0.25, -0.2) is 0 Å². The number of hydrogen-bond acceptors (Lipinski definition) is 8. The van der Waals surface area contributed by atoms with Crippen LogP contribution in [-0.2, 0) is 36.0 Å². The molecule has 2 aliphatic heterocycles. The number of aromatic hydroxyl groups is 1. The summed E-state index contributed by atoms with van der Waals surface area (Å²) in [5.74, 6) is -6.95. The van der Waals surface area contributed by atoms with Gasteiger partial charge in [-0.1, -0.05) is 96.1 Å². The standard InChI is InChI=1S/C43H39N3O8/c1-25-12-14-28(15-13-25)44-46-40(51)34-23-33-30(18-19-32-37(33)41(52)45(39(32)50)21-20-36(48)49)38(43(34,42(46)53)27-10-6-3-7-11-27)31-17-16-29(22-35(31)47)54-24-26-8-4-2-5-9-26/h2-18,22,32-34,37-38,44,47H,19-21,23-24H2,1H3,(H,48,49)/t32-,33+,34-,37-,38+,43+/m0/s1. The first kappa shape index (κ1) is 34.8. The number of rotatable bonds is 10. The maximum absolute atomic E-state index is 15.3. The number of nitrogens with one attached hydrogen (secondary N) is 1. The number of carbonyl (C=O) groups is 5. The van der Waals surface area contributed by atoms with Crippen LogP contribution >= 0.6 is 0 Å². The summed E-state index contributed by atoms with van der Waals surface area (Å²) in [6.45, 7) is 1.95. The van der Waals surface area contributed by atoms with Gasteiger partial charge in [0.15, 0.2) is 0 Å². The zero-order valence-corrected chi connectivity index (χ0v) is 29.6. The second-order valence-electron chi connectivity index (χ2n) is 14.6. The van der Waals surface area contributed by atoms with Crippen LogP contribution in [0.2, 0.25) is 0 Å². The molecule has 4 amide bonds. The molecule has 4 aromatic rings. The molecular formula is C43H39N3O8. The Labute approximate surface area is 311 Å². The summed E-state index contributed by atoms with van der Waals surface area (Å²) in [5, 5.41) is 22.3. The van der Waals surface area contributed by atoms with Crippen LogP contribution in [0.25, 0.3) is 0 Å². The fourth-order valence-corrected chi connectivity index (χ4v) is 9.18. The molecule has 0 spiro atoms. The summed E-state index contributed by atoms with van der Waals surface area (Å²) in [4.78, 5) is 70.4. The molecule has 0 unspecified atom stereocenters. The number of ether oxygens (including phenoxy) is 1. The number of hydrogen-bond donors (Lipinski definition) is 3. The van der Waals surface area contributed by atoms with E-state index >= 15 is 4.79 Å². The SMILES string of the molecule is Cc1ccc(NN2C(=O)[C@@H]3C[C@@H]4C(=CC[C@@H]5C(=O)N(CCC(=O)O)C(=O)[C@@H]54)[C@H](c4ccc(OCc5ccccc5)cc4O)[C@]3(c3ccccc3)C2=O)cc1. The number of carboxylic acids is 1. The molecule has 0 radical (unpaired) electrons. The fourth-order valence-electron chi connectivity index (χ4n) is 9.18. The van der Waals surface area contributed by atoms with Gasteiger partial charge in [-0.2, -0.15) is 5.01 Å². The molecule has 6 atom stereocenters. The van der Waals surface area contributed by atoms with Crippen molar-refractivity contribution < 1.29 is 38.9 Å². The highest BCUT2D eigenvalue weighted by molar-refractivity contribution is 6.13. The maximum Gasteiger partial charge on any atom is 0.305 e. The number of fused-ring (bicyclic) bond motifs is 4. The number of anilines is 1. The molecular weight excluding hydrogens is 686 g/mol. The Balaban J connectivity index is 1.27. The van der Waals surface area contributed by atoms with Crippen molar-refractivity contribution in [3.8, 4) is 11.5 Å². The first-order valence-electron chi connectivity index (χ1n) is 18.1. The van der Waals surface area contributed by atoms with Crippen LogP contribution in [0.4, 0.5) is 5.69 Å². The smallest absolute Gasteiger partial charge is 0.305 e. The molecule has 3 N–H and O–H groups in total. The molecule has 11 heteroatoms. The van der Waals surface area contributed by atoms with E-state index in [1.807, 2.05) is 85.8 Å². The predicted octanol–water partition coefficient (Wildman–Crippen LogP) is 5.74. The van der Waals surface area contributed by atoms with Gasteiger partial charge < -0.3 is 14.9 Å². The Kier molecular flexibility index (Phi) is 8.80. The van der Waals surface area contributed by atoms with E-state index in [9.17, 15) is 29.4 Å². The summed E-state index contributed by atoms with van der Waals surface area (Å²) in [7, 11) is 0. The molecule has 2 aliphatic carbocycles. The minimum Gasteiger partial charge on any atom is -0.508 e. The number of likely N-dealkylation sites (tertiary alicyclic amines) is 1. The third-order valence-corrected chi connectivity index (χ3v) is 11.6. The van der Waals surface area contributed by atoms with Gasteiger partial charge in [0.05, 0.1) is 35.3 Å². The van der Waals surface area contributed by atoms with Crippen molar-refractivity contribution in [1.82, 2.24) is 9.91 Å². The van der Waals surface area contributed by atoms with Crippen LogP contribution in [0, 0.1) is 30.6 Å². The van der Waals surface area contributed by atoms with E-state index in [1.165, 1.54) is 6.07 Å². The molecule has 1 saturated carbocycles. The quantitative estimate of drug-likeness (QED) is 0.137. The highest BCUT2D eigenvalue weighted by Crippen LogP contribution is 2.65. The lowest BCUT2D eigenvalue weighted by atomic mass is 9.49. The number of phenolic OH excluding ortho intramolecular Hbond substituents is 1. The second-order valence-corrected chi connectivity index (χ2v) is 14.6. The molecule has 4 aromatic carbocycles. The van der Waals surface area contributed by atoms with Gasteiger partial charge in [-0.15, -0.1) is 0 Å². The number of aryl methyl sites for hydroxylation is 1. The van der Waals surface area contributed by atoms with E-state index in [4.69, 9.17) is 4.74 Å². The van der Waals surface area contributed by atoms with Crippen molar-refractivity contribution in [2.24, 2.45) is 23.7 Å². The van der Waals surface area contributed by atoms with Gasteiger partial charge in [0, 0.05) is 24.1 Å². The van der Waals surface area contributed by atoms with Crippen LogP contribution < -0.4 is 10.2 Å². The summed E-state index contributed by atoms with van der Waals surface area (Å²) in [5.41, 5.74) is 5.63. The van der Waals surface area contributed by atoms with E-state index in [2.05, 4.69) is 5.43 Å². The molecule has 54 heavy (non-hydrogen) atoms. The Morgan fingerprint density at radius 2 is 1.57 bits per heavy atom. The van der Waals surface area contributed by atoms with Crippen molar-refractivity contribution in [1.29, 1.82) is 0 Å². The number of amides is 4. The topological polar surface area (TPSA) is 154 Å². The molecule has 3 fully saturated rings.